The fourth-order valence-electron chi connectivity index (χ4n) is 2.90. The van der Waals surface area contributed by atoms with Gasteiger partial charge in [0.15, 0.2) is 0 Å². The van der Waals surface area contributed by atoms with Gasteiger partial charge >= 0.3 is 0 Å². The van der Waals surface area contributed by atoms with Crippen LogP contribution in [0.4, 0.5) is 10.1 Å². The van der Waals surface area contributed by atoms with Gasteiger partial charge in [0, 0.05) is 18.4 Å². The van der Waals surface area contributed by atoms with Crippen molar-refractivity contribution in [2.45, 2.75) is 31.2 Å². The summed E-state index contributed by atoms with van der Waals surface area (Å²) in [7, 11) is 0. The molecule has 1 fully saturated rings. The molecule has 4 heteroatoms. The summed E-state index contributed by atoms with van der Waals surface area (Å²) in [6.07, 6.45) is 2.65. The summed E-state index contributed by atoms with van der Waals surface area (Å²) in [5, 5.41) is 6.04. The molecule has 1 aromatic rings. The van der Waals surface area contributed by atoms with Crippen LogP contribution in [0.15, 0.2) is 18.2 Å². The van der Waals surface area contributed by atoms with Crippen molar-refractivity contribution < 1.29 is 9.18 Å². The quantitative estimate of drug-likeness (QED) is 0.780. The van der Waals surface area contributed by atoms with E-state index in [9.17, 15) is 9.18 Å². The number of fused-ring (bicyclic) bond motifs is 1. The third kappa shape index (κ3) is 1.82. The topological polar surface area (TPSA) is 41.1 Å². The molecule has 0 bridgehead atoms. The zero-order valence-electron chi connectivity index (χ0n) is 9.50. The van der Waals surface area contributed by atoms with E-state index in [2.05, 4.69) is 10.6 Å². The molecule has 17 heavy (non-hydrogen) atoms. The van der Waals surface area contributed by atoms with Crippen molar-refractivity contribution >= 4 is 11.6 Å². The highest BCUT2D eigenvalue weighted by atomic mass is 19.1. The van der Waals surface area contributed by atoms with Crippen molar-refractivity contribution in [3.8, 4) is 0 Å². The van der Waals surface area contributed by atoms with E-state index >= 15 is 0 Å². The summed E-state index contributed by atoms with van der Waals surface area (Å²) in [5.41, 5.74) is 1.31. The molecule has 0 saturated carbocycles. The van der Waals surface area contributed by atoms with Gasteiger partial charge in [-0.1, -0.05) is 12.1 Å². The van der Waals surface area contributed by atoms with Crippen LogP contribution in [-0.4, -0.2) is 18.5 Å². The number of carbonyl (C=O) groups is 1. The smallest absolute Gasteiger partial charge is 0.225 e. The number of hydrogen-bond acceptors (Lipinski definition) is 2. The first-order valence-electron chi connectivity index (χ1n) is 6.07. The number of amides is 1. The van der Waals surface area contributed by atoms with Gasteiger partial charge in [-0.25, -0.2) is 4.39 Å². The van der Waals surface area contributed by atoms with E-state index in [0.717, 1.165) is 24.9 Å². The van der Waals surface area contributed by atoms with E-state index in [4.69, 9.17) is 0 Å². The molecule has 0 aromatic heterocycles. The highest BCUT2D eigenvalue weighted by molar-refractivity contribution is 5.95. The van der Waals surface area contributed by atoms with Crippen molar-refractivity contribution in [2.24, 2.45) is 0 Å². The van der Waals surface area contributed by atoms with E-state index < -0.39 is 0 Å². The highest BCUT2D eigenvalue weighted by Gasteiger charge is 2.33. The molecule has 1 saturated heterocycles. The van der Waals surface area contributed by atoms with Crippen molar-refractivity contribution in [3.63, 3.8) is 0 Å². The lowest BCUT2D eigenvalue weighted by atomic mass is 9.84. The number of halogens is 1. The Morgan fingerprint density at radius 1 is 1.35 bits per heavy atom. The highest BCUT2D eigenvalue weighted by Crippen LogP contribution is 2.38. The minimum absolute atomic E-state index is 0.0821. The van der Waals surface area contributed by atoms with Crippen LogP contribution in [0.25, 0.3) is 0 Å². The van der Waals surface area contributed by atoms with E-state index in [1.165, 1.54) is 6.07 Å². The Labute approximate surface area is 99.4 Å². The molecule has 2 aliphatic heterocycles. The van der Waals surface area contributed by atoms with Crippen LogP contribution in [0.3, 0.4) is 0 Å². The van der Waals surface area contributed by atoms with E-state index in [0.29, 0.717) is 18.2 Å². The van der Waals surface area contributed by atoms with Crippen LogP contribution in [0.2, 0.25) is 0 Å². The second-order valence-electron chi connectivity index (χ2n) is 4.77. The van der Waals surface area contributed by atoms with E-state index in [-0.39, 0.29) is 17.6 Å². The maximum absolute atomic E-state index is 13.7. The Morgan fingerprint density at radius 2 is 2.24 bits per heavy atom. The molecule has 0 spiro atoms. The number of rotatable bonds is 1. The predicted molar refractivity (Wildman–Crippen MR) is 63.4 cm³/mol. The molecule has 2 N–H and O–H groups in total. The Kier molecular flexibility index (Phi) is 2.59. The average Bonchev–Trinajstić information content (AvgIpc) is 2.83. The minimum atomic E-state index is -0.335. The second kappa shape index (κ2) is 4.11. The number of para-hydroxylation sites is 1. The fourth-order valence-corrected chi connectivity index (χ4v) is 2.90. The largest absolute Gasteiger partial charge is 0.323 e. The van der Waals surface area contributed by atoms with Gasteiger partial charge in [0.2, 0.25) is 5.91 Å². The molecule has 0 radical (unpaired) electrons. The van der Waals surface area contributed by atoms with Crippen LogP contribution in [0.5, 0.6) is 0 Å². The van der Waals surface area contributed by atoms with Gasteiger partial charge < -0.3 is 10.6 Å². The molecule has 2 heterocycles. The van der Waals surface area contributed by atoms with E-state index in [1.54, 1.807) is 6.07 Å². The van der Waals surface area contributed by atoms with Crippen LogP contribution in [0, 0.1) is 5.82 Å². The third-order valence-electron chi connectivity index (χ3n) is 3.70. The van der Waals surface area contributed by atoms with Crippen molar-refractivity contribution in [1.82, 2.24) is 5.32 Å². The number of carbonyl (C=O) groups excluding carboxylic acids is 1. The SMILES string of the molecule is O=C1CC(C2CCCN2)c2cccc(F)c2N1. The zero-order valence-corrected chi connectivity index (χ0v) is 9.50. The van der Waals surface area contributed by atoms with Gasteiger partial charge in [0.1, 0.15) is 5.82 Å². The molecule has 3 rings (SSSR count). The first-order chi connectivity index (χ1) is 8.25. The molecular weight excluding hydrogens is 219 g/mol. The average molecular weight is 234 g/mol. The van der Waals surface area contributed by atoms with Gasteiger partial charge in [-0.05, 0) is 31.0 Å². The fraction of sp³-hybridized carbons (Fsp3) is 0.462. The lowest BCUT2D eigenvalue weighted by Crippen LogP contribution is -2.35. The number of hydrogen-bond donors (Lipinski definition) is 2. The van der Waals surface area contributed by atoms with Gasteiger partial charge in [-0.2, -0.15) is 0 Å². The molecule has 1 amide bonds. The molecule has 2 atom stereocenters. The van der Waals surface area contributed by atoms with Crippen LogP contribution in [-0.2, 0) is 4.79 Å². The normalized spacial score (nSPS) is 27.7. The van der Waals surface area contributed by atoms with Gasteiger partial charge in [-0.15, -0.1) is 0 Å². The maximum atomic E-state index is 13.7. The lowest BCUT2D eigenvalue weighted by Gasteiger charge is -2.30. The molecule has 3 nitrogen and oxygen atoms in total. The summed E-state index contributed by atoms with van der Waals surface area (Å²) in [6, 6.07) is 5.33. The molecule has 2 aliphatic rings. The first-order valence-corrected chi connectivity index (χ1v) is 6.07. The van der Waals surface area contributed by atoms with Crippen molar-refractivity contribution in [2.75, 3.05) is 11.9 Å². The molecular formula is C13H15FN2O. The Bertz CT molecular complexity index is 455. The summed E-state index contributed by atoms with van der Waals surface area (Å²) in [4.78, 5) is 11.6. The van der Waals surface area contributed by atoms with Gasteiger partial charge in [0.25, 0.3) is 0 Å². The lowest BCUT2D eigenvalue weighted by molar-refractivity contribution is -0.117. The van der Waals surface area contributed by atoms with Crippen LogP contribution >= 0.6 is 0 Å². The number of nitrogens with one attached hydrogen (secondary N) is 2. The van der Waals surface area contributed by atoms with Crippen molar-refractivity contribution in [1.29, 1.82) is 0 Å². The minimum Gasteiger partial charge on any atom is -0.323 e. The molecule has 2 unspecified atom stereocenters. The second-order valence-corrected chi connectivity index (χ2v) is 4.77. The standard InChI is InChI=1S/C13H15FN2O/c14-10-4-1-3-8-9(11-5-2-6-15-11)7-12(17)16-13(8)10/h1,3-4,9,11,15H,2,5-7H2,(H,16,17). The predicted octanol–water partition coefficient (Wildman–Crippen LogP) is 2.00. The Balaban J connectivity index is 2.01. The van der Waals surface area contributed by atoms with Crippen LogP contribution in [0.1, 0.15) is 30.7 Å². The molecule has 90 valence electrons. The molecule has 0 aliphatic carbocycles. The van der Waals surface area contributed by atoms with E-state index in [1.807, 2.05) is 6.07 Å². The Hall–Kier alpha value is -1.42. The zero-order chi connectivity index (χ0) is 11.8. The Morgan fingerprint density at radius 3 is 3.00 bits per heavy atom. The van der Waals surface area contributed by atoms with Crippen molar-refractivity contribution in [3.05, 3.63) is 29.6 Å². The number of anilines is 1. The summed E-state index contributed by atoms with van der Waals surface area (Å²) in [6.45, 7) is 0.993. The monoisotopic (exact) mass is 234 g/mol. The molecule has 1 aromatic carbocycles. The van der Waals surface area contributed by atoms with Crippen LogP contribution < -0.4 is 10.6 Å². The third-order valence-corrected chi connectivity index (χ3v) is 3.70. The van der Waals surface area contributed by atoms with Gasteiger partial charge in [-0.3, -0.25) is 4.79 Å². The summed E-state index contributed by atoms with van der Waals surface area (Å²) < 4.78 is 13.7. The summed E-state index contributed by atoms with van der Waals surface area (Å²) >= 11 is 0. The number of benzene rings is 1. The van der Waals surface area contributed by atoms with Gasteiger partial charge in [0.05, 0.1) is 5.69 Å². The maximum Gasteiger partial charge on any atom is 0.225 e. The summed E-state index contributed by atoms with van der Waals surface area (Å²) in [5.74, 6) is -0.309. The first kappa shape index (κ1) is 10.7.